The van der Waals surface area contributed by atoms with Gasteiger partial charge in [-0.15, -0.1) is 0 Å². The average molecular weight is 424 g/mol. The number of carbonyl (C=O) groups is 1. The summed E-state index contributed by atoms with van der Waals surface area (Å²) in [6.45, 7) is 3.18. The third-order valence-electron chi connectivity index (χ3n) is 4.07. The molecule has 1 fully saturated rings. The zero-order valence-corrected chi connectivity index (χ0v) is 16.1. The summed E-state index contributed by atoms with van der Waals surface area (Å²) in [6.07, 6.45) is 2.54. The molecule has 132 valence electrons. The lowest BCUT2D eigenvalue weighted by Gasteiger charge is -2.15. The maximum absolute atomic E-state index is 12.1. The Bertz CT molecular complexity index is 748. The second kappa shape index (κ2) is 8.70. The minimum absolute atomic E-state index is 0.0589. The Morgan fingerprint density at radius 2 is 2.00 bits per heavy atom. The maximum Gasteiger partial charge on any atom is 0.262 e. The van der Waals surface area contributed by atoms with Crippen LogP contribution in [0.4, 0.5) is 5.69 Å². The molecule has 0 radical (unpaired) electrons. The summed E-state index contributed by atoms with van der Waals surface area (Å²) in [5, 5.41) is 3.49. The van der Waals surface area contributed by atoms with Gasteiger partial charge < -0.3 is 10.1 Å². The van der Waals surface area contributed by atoms with E-state index in [1.165, 1.54) is 18.4 Å². The van der Waals surface area contributed by atoms with Crippen molar-refractivity contribution in [1.29, 1.82) is 0 Å². The molecule has 0 unspecified atom stereocenters. The highest BCUT2D eigenvalue weighted by Gasteiger charge is 2.12. The summed E-state index contributed by atoms with van der Waals surface area (Å²) in [5.41, 5.74) is 2.00. The number of amides is 1. The van der Waals surface area contributed by atoms with Crippen LogP contribution < -0.4 is 10.1 Å². The van der Waals surface area contributed by atoms with Crippen molar-refractivity contribution in [1.82, 2.24) is 4.90 Å². The number of hydrogen-bond acceptors (Lipinski definition) is 3. The van der Waals surface area contributed by atoms with Crippen molar-refractivity contribution in [3.8, 4) is 5.75 Å². The van der Waals surface area contributed by atoms with Gasteiger partial charge in [0.15, 0.2) is 6.61 Å². The van der Waals surface area contributed by atoms with Crippen LogP contribution in [0.2, 0.25) is 5.02 Å². The van der Waals surface area contributed by atoms with Gasteiger partial charge in [-0.05, 0) is 77.8 Å². The van der Waals surface area contributed by atoms with Crippen molar-refractivity contribution in [3.05, 3.63) is 57.5 Å². The summed E-state index contributed by atoms with van der Waals surface area (Å²) in [5.74, 6) is 0.391. The van der Waals surface area contributed by atoms with Gasteiger partial charge in [-0.2, -0.15) is 0 Å². The van der Waals surface area contributed by atoms with Gasteiger partial charge in [0.05, 0.1) is 4.47 Å². The SMILES string of the molecule is O=C(COc1ccc(Cl)cc1Br)Nc1cccc(CN2CCCC2)c1. The Balaban J connectivity index is 1.53. The molecule has 4 nitrogen and oxygen atoms in total. The topological polar surface area (TPSA) is 41.6 Å². The van der Waals surface area contributed by atoms with E-state index >= 15 is 0 Å². The van der Waals surface area contributed by atoms with Gasteiger partial charge in [-0.1, -0.05) is 23.7 Å². The molecule has 0 aliphatic carbocycles. The lowest BCUT2D eigenvalue weighted by atomic mass is 10.2. The smallest absolute Gasteiger partial charge is 0.262 e. The molecule has 2 aromatic rings. The first kappa shape index (κ1) is 18.2. The molecule has 1 aliphatic rings. The Kier molecular flexibility index (Phi) is 6.34. The quantitative estimate of drug-likeness (QED) is 0.731. The second-order valence-corrected chi connectivity index (χ2v) is 7.39. The zero-order chi connectivity index (χ0) is 17.6. The number of likely N-dealkylation sites (tertiary alicyclic amines) is 1. The van der Waals surface area contributed by atoms with Crippen molar-refractivity contribution in [2.45, 2.75) is 19.4 Å². The van der Waals surface area contributed by atoms with Gasteiger partial charge in [0, 0.05) is 17.3 Å². The van der Waals surface area contributed by atoms with E-state index in [-0.39, 0.29) is 12.5 Å². The number of benzene rings is 2. The van der Waals surface area contributed by atoms with E-state index in [2.05, 4.69) is 32.2 Å². The van der Waals surface area contributed by atoms with Crippen LogP contribution in [0.1, 0.15) is 18.4 Å². The van der Waals surface area contributed by atoms with Crippen molar-refractivity contribution >= 4 is 39.1 Å². The number of ether oxygens (including phenoxy) is 1. The largest absolute Gasteiger partial charge is 0.483 e. The lowest BCUT2D eigenvalue weighted by Crippen LogP contribution is -2.21. The highest BCUT2D eigenvalue weighted by atomic mass is 79.9. The highest BCUT2D eigenvalue weighted by molar-refractivity contribution is 9.10. The first-order chi connectivity index (χ1) is 12.1. The van der Waals surface area contributed by atoms with Crippen LogP contribution in [-0.2, 0) is 11.3 Å². The summed E-state index contributed by atoms with van der Waals surface area (Å²) in [7, 11) is 0. The molecule has 6 heteroatoms. The highest BCUT2D eigenvalue weighted by Crippen LogP contribution is 2.28. The van der Waals surface area contributed by atoms with Crippen molar-refractivity contribution < 1.29 is 9.53 Å². The lowest BCUT2D eigenvalue weighted by molar-refractivity contribution is -0.118. The minimum atomic E-state index is -0.194. The summed E-state index contributed by atoms with van der Waals surface area (Å²) >= 11 is 9.26. The number of rotatable bonds is 6. The van der Waals surface area contributed by atoms with E-state index in [9.17, 15) is 4.79 Å². The van der Waals surface area contributed by atoms with E-state index in [1.54, 1.807) is 18.2 Å². The molecule has 3 rings (SSSR count). The molecule has 1 heterocycles. The number of carbonyl (C=O) groups excluding carboxylic acids is 1. The molecule has 25 heavy (non-hydrogen) atoms. The standard InChI is InChI=1S/C19H20BrClN2O2/c20-17-11-15(21)6-7-18(17)25-13-19(24)22-16-5-3-4-14(10-16)12-23-8-1-2-9-23/h3-7,10-11H,1-2,8-9,12-13H2,(H,22,24). The summed E-state index contributed by atoms with van der Waals surface area (Å²) < 4.78 is 6.26. The molecule has 1 amide bonds. The van der Waals surface area contributed by atoms with Gasteiger partial charge in [0.25, 0.3) is 5.91 Å². The number of halogens is 2. The van der Waals surface area contributed by atoms with E-state index in [1.807, 2.05) is 18.2 Å². The first-order valence-corrected chi connectivity index (χ1v) is 9.46. The second-order valence-electron chi connectivity index (χ2n) is 6.10. The number of hydrogen-bond donors (Lipinski definition) is 1. The Hall–Kier alpha value is -1.56. The normalized spacial score (nSPS) is 14.5. The van der Waals surface area contributed by atoms with Crippen LogP contribution in [0.25, 0.3) is 0 Å². The molecular weight excluding hydrogens is 404 g/mol. The molecule has 2 aromatic carbocycles. The number of nitrogens with zero attached hydrogens (tertiary/aromatic N) is 1. The van der Waals surface area contributed by atoms with Crippen LogP contribution in [0.3, 0.4) is 0 Å². The molecular formula is C19H20BrClN2O2. The summed E-state index contributed by atoms with van der Waals surface area (Å²) in [4.78, 5) is 14.6. The Morgan fingerprint density at radius 3 is 2.76 bits per heavy atom. The molecule has 0 atom stereocenters. The maximum atomic E-state index is 12.1. The molecule has 0 spiro atoms. The van der Waals surface area contributed by atoms with E-state index < -0.39 is 0 Å². The molecule has 0 aromatic heterocycles. The van der Waals surface area contributed by atoms with Gasteiger partial charge in [0.1, 0.15) is 5.75 Å². The van der Waals surface area contributed by atoms with E-state index in [4.69, 9.17) is 16.3 Å². The Labute approximate surface area is 161 Å². The number of anilines is 1. The number of nitrogens with one attached hydrogen (secondary N) is 1. The molecule has 0 bridgehead atoms. The fourth-order valence-electron chi connectivity index (χ4n) is 2.88. The predicted octanol–water partition coefficient (Wildman–Crippen LogP) is 4.72. The Morgan fingerprint density at radius 1 is 1.20 bits per heavy atom. The fraction of sp³-hybridized carbons (Fsp3) is 0.316. The average Bonchev–Trinajstić information content (AvgIpc) is 3.07. The van der Waals surface area contributed by atoms with Gasteiger partial charge in [0.2, 0.25) is 0 Å². The van der Waals surface area contributed by atoms with Crippen LogP contribution in [0, 0.1) is 0 Å². The van der Waals surface area contributed by atoms with E-state index in [0.29, 0.717) is 10.8 Å². The third-order valence-corrected chi connectivity index (χ3v) is 4.92. The van der Waals surface area contributed by atoms with Crippen molar-refractivity contribution in [2.75, 3.05) is 25.0 Å². The summed E-state index contributed by atoms with van der Waals surface area (Å²) in [6, 6.07) is 13.2. The monoisotopic (exact) mass is 422 g/mol. The fourth-order valence-corrected chi connectivity index (χ4v) is 3.68. The van der Waals surface area contributed by atoms with Crippen LogP contribution in [-0.4, -0.2) is 30.5 Å². The van der Waals surface area contributed by atoms with Crippen LogP contribution in [0.5, 0.6) is 5.75 Å². The molecule has 1 aliphatic heterocycles. The zero-order valence-electron chi connectivity index (χ0n) is 13.8. The third kappa shape index (κ3) is 5.46. The molecule has 1 N–H and O–H groups in total. The van der Waals surface area contributed by atoms with Crippen LogP contribution >= 0.6 is 27.5 Å². The first-order valence-electron chi connectivity index (χ1n) is 8.29. The van der Waals surface area contributed by atoms with E-state index in [0.717, 1.165) is 29.8 Å². The van der Waals surface area contributed by atoms with Gasteiger partial charge in [-0.25, -0.2) is 0 Å². The molecule has 0 saturated carbocycles. The van der Waals surface area contributed by atoms with Crippen molar-refractivity contribution in [3.63, 3.8) is 0 Å². The minimum Gasteiger partial charge on any atom is -0.483 e. The predicted molar refractivity (Wildman–Crippen MR) is 104 cm³/mol. The van der Waals surface area contributed by atoms with Crippen molar-refractivity contribution in [2.24, 2.45) is 0 Å². The van der Waals surface area contributed by atoms with Gasteiger partial charge in [-0.3, -0.25) is 9.69 Å². The van der Waals surface area contributed by atoms with Gasteiger partial charge >= 0.3 is 0 Å². The molecule has 1 saturated heterocycles. The van der Waals surface area contributed by atoms with Crippen LogP contribution in [0.15, 0.2) is 46.9 Å².